The van der Waals surface area contributed by atoms with Crippen molar-refractivity contribution >= 4 is 11.9 Å². The molecule has 3 rings (SSSR count). The summed E-state index contributed by atoms with van der Waals surface area (Å²) in [6, 6.07) is 11.6. The van der Waals surface area contributed by atoms with Crippen molar-refractivity contribution in [3.05, 3.63) is 71.0 Å². The lowest BCUT2D eigenvalue weighted by molar-refractivity contribution is -0.140. The van der Waals surface area contributed by atoms with Crippen LogP contribution in [-0.2, 0) is 4.79 Å². The van der Waals surface area contributed by atoms with E-state index in [4.69, 9.17) is 0 Å². The number of likely N-dealkylation sites (N-methyl/N-ethyl adjacent to an activating group) is 1. The molecule has 0 fully saturated rings. The number of aliphatic carboxylic acids is 1. The van der Waals surface area contributed by atoms with Gasteiger partial charge < -0.3 is 10.0 Å². The van der Waals surface area contributed by atoms with E-state index in [0.717, 1.165) is 0 Å². The van der Waals surface area contributed by atoms with E-state index >= 15 is 0 Å². The molecule has 2 unspecified atom stereocenters. The SMILES string of the molecule is CN1C(=O)c2ccccc2C(C(=O)O)C1c1ccc(F)cc1. The van der Waals surface area contributed by atoms with Crippen LogP contribution >= 0.6 is 0 Å². The predicted octanol–water partition coefficient (Wildman–Crippen LogP) is 2.82. The lowest BCUT2D eigenvalue weighted by atomic mass is 9.80. The highest BCUT2D eigenvalue weighted by Gasteiger charge is 2.42. The van der Waals surface area contributed by atoms with E-state index in [1.165, 1.54) is 29.2 Å². The Hall–Kier alpha value is -2.69. The van der Waals surface area contributed by atoms with Crippen LogP contribution in [0.5, 0.6) is 0 Å². The Morgan fingerprint density at radius 2 is 1.77 bits per heavy atom. The van der Waals surface area contributed by atoms with Gasteiger partial charge in [0, 0.05) is 12.6 Å². The molecule has 1 heterocycles. The van der Waals surface area contributed by atoms with Crippen LogP contribution in [0.2, 0.25) is 0 Å². The fourth-order valence-electron chi connectivity index (χ4n) is 3.02. The Bertz CT molecular complexity index is 742. The van der Waals surface area contributed by atoms with E-state index in [2.05, 4.69) is 0 Å². The number of nitrogens with zero attached hydrogens (tertiary/aromatic N) is 1. The molecule has 1 amide bonds. The van der Waals surface area contributed by atoms with Gasteiger partial charge in [-0.1, -0.05) is 30.3 Å². The normalized spacial score (nSPS) is 20.6. The van der Waals surface area contributed by atoms with Gasteiger partial charge in [-0.05, 0) is 29.3 Å². The monoisotopic (exact) mass is 299 g/mol. The van der Waals surface area contributed by atoms with Gasteiger partial charge in [0.05, 0.1) is 6.04 Å². The van der Waals surface area contributed by atoms with Crippen molar-refractivity contribution in [1.29, 1.82) is 0 Å². The Kier molecular flexibility index (Phi) is 3.41. The van der Waals surface area contributed by atoms with Gasteiger partial charge in [-0.15, -0.1) is 0 Å². The van der Waals surface area contributed by atoms with Crippen LogP contribution < -0.4 is 0 Å². The third-order valence-corrected chi connectivity index (χ3v) is 4.06. The van der Waals surface area contributed by atoms with Gasteiger partial charge in [0.1, 0.15) is 11.7 Å². The predicted molar refractivity (Wildman–Crippen MR) is 78.1 cm³/mol. The highest BCUT2D eigenvalue weighted by Crippen LogP contribution is 2.41. The molecule has 0 aliphatic carbocycles. The van der Waals surface area contributed by atoms with Crippen LogP contribution in [0.25, 0.3) is 0 Å². The number of benzene rings is 2. The van der Waals surface area contributed by atoms with E-state index in [1.54, 1.807) is 31.3 Å². The van der Waals surface area contributed by atoms with Crippen LogP contribution in [0.15, 0.2) is 48.5 Å². The molecule has 0 saturated heterocycles. The average Bonchev–Trinajstić information content (AvgIpc) is 2.51. The smallest absolute Gasteiger partial charge is 0.313 e. The molecule has 0 aromatic heterocycles. The number of carboxylic acid groups (broad SMARTS) is 1. The molecule has 112 valence electrons. The molecule has 0 bridgehead atoms. The third kappa shape index (κ3) is 2.15. The molecule has 2 aromatic rings. The summed E-state index contributed by atoms with van der Waals surface area (Å²) in [6.45, 7) is 0. The van der Waals surface area contributed by atoms with Crippen molar-refractivity contribution in [2.75, 3.05) is 7.05 Å². The fourth-order valence-corrected chi connectivity index (χ4v) is 3.02. The highest BCUT2D eigenvalue weighted by atomic mass is 19.1. The first kappa shape index (κ1) is 14.3. The molecule has 2 atom stereocenters. The topological polar surface area (TPSA) is 57.6 Å². The average molecular weight is 299 g/mol. The van der Waals surface area contributed by atoms with E-state index in [-0.39, 0.29) is 5.91 Å². The van der Waals surface area contributed by atoms with Gasteiger partial charge in [-0.2, -0.15) is 0 Å². The lowest BCUT2D eigenvalue weighted by Crippen LogP contribution is -2.42. The molecule has 1 N–H and O–H groups in total. The number of fused-ring (bicyclic) bond motifs is 1. The zero-order chi connectivity index (χ0) is 15.9. The van der Waals surface area contributed by atoms with Crippen molar-refractivity contribution in [3.8, 4) is 0 Å². The van der Waals surface area contributed by atoms with Gasteiger partial charge in [0.25, 0.3) is 5.91 Å². The molecule has 0 spiro atoms. The maximum Gasteiger partial charge on any atom is 0.313 e. The summed E-state index contributed by atoms with van der Waals surface area (Å²) in [7, 11) is 1.57. The summed E-state index contributed by atoms with van der Waals surface area (Å²) in [4.78, 5) is 25.7. The van der Waals surface area contributed by atoms with Crippen molar-refractivity contribution in [2.24, 2.45) is 0 Å². The summed E-state index contributed by atoms with van der Waals surface area (Å²) in [5.74, 6) is -2.53. The highest BCUT2D eigenvalue weighted by molar-refractivity contribution is 6.00. The largest absolute Gasteiger partial charge is 0.481 e. The van der Waals surface area contributed by atoms with E-state index in [0.29, 0.717) is 16.7 Å². The van der Waals surface area contributed by atoms with Gasteiger partial charge in [-0.3, -0.25) is 9.59 Å². The first-order valence-electron chi connectivity index (χ1n) is 6.85. The number of carbonyl (C=O) groups is 2. The number of amides is 1. The van der Waals surface area contributed by atoms with Gasteiger partial charge in [-0.25, -0.2) is 4.39 Å². The Labute approximate surface area is 126 Å². The number of halogens is 1. The molecule has 1 aliphatic heterocycles. The second-order valence-corrected chi connectivity index (χ2v) is 5.32. The molecule has 2 aromatic carbocycles. The molecule has 4 nitrogen and oxygen atoms in total. The number of rotatable bonds is 2. The summed E-state index contributed by atoms with van der Waals surface area (Å²) < 4.78 is 13.1. The third-order valence-electron chi connectivity index (χ3n) is 4.06. The standard InChI is InChI=1S/C17H14FNO3/c1-19-15(10-6-8-11(18)9-7-10)14(17(21)22)12-4-2-3-5-13(12)16(19)20/h2-9,14-15H,1H3,(H,21,22). The van der Waals surface area contributed by atoms with Gasteiger partial charge in [0.15, 0.2) is 0 Å². The first-order chi connectivity index (χ1) is 10.5. The van der Waals surface area contributed by atoms with E-state index in [1.807, 2.05) is 0 Å². The van der Waals surface area contributed by atoms with Gasteiger partial charge >= 0.3 is 5.97 Å². The molecule has 1 aliphatic rings. The number of hydrogen-bond donors (Lipinski definition) is 1. The van der Waals surface area contributed by atoms with E-state index < -0.39 is 23.7 Å². The van der Waals surface area contributed by atoms with Crippen LogP contribution in [0, 0.1) is 5.82 Å². The van der Waals surface area contributed by atoms with Crippen LogP contribution in [0.1, 0.15) is 33.4 Å². The minimum atomic E-state index is -1.01. The zero-order valence-electron chi connectivity index (χ0n) is 11.9. The van der Waals surface area contributed by atoms with Crippen molar-refractivity contribution in [2.45, 2.75) is 12.0 Å². The molecule has 5 heteroatoms. The molecule has 0 radical (unpaired) electrons. The number of hydrogen-bond acceptors (Lipinski definition) is 2. The molecular weight excluding hydrogens is 285 g/mol. The lowest BCUT2D eigenvalue weighted by Gasteiger charge is -2.38. The quantitative estimate of drug-likeness (QED) is 0.927. The minimum Gasteiger partial charge on any atom is -0.481 e. The zero-order valence-corrected chi connectivity index (χ0v) is 11.9. The first-order valence-corrected chi connectivity index (χ1v) is 6.85. The maximum absolute atomic E-state index is 13.1. The van der Waals surface area contributed by atoms with E-state index in [9.17, 15) is 19.1 Å². The second kappa shape index (κ2) is 5.26. The molecule has 0 saturated carbocycles. The molecule has 22 heavy (non-hydrogen) atoms. The van der Waals surface area contributed by atoms with Crippen molar-refractivity contribution < 1.29 is 19.1 Å². The summed E-state index contributed by atoms with van der Waals surface area (Å²) in [5, 5.41) is 9.66. The Morgan fingerprint density at radius 1 is 1.14 bits per heavy atom. The maximum atomic E-state index is 13.1. The number of carboxylic acids is 1. The fraction of sp³-hybridized carbons (Fsp3) is 0.176. The summed E-state index contributed by atoms with van der Waals surface area (Å²) >= 11 is 0. The second-order valence-electron chi connectivity index (χ2n) is 5.32. The number of carbonyl (C=O) groups excluding carboxylic acids is 1. The van der Waals surface area contributed by atoms with Crippen LogP contribution in [-0.4, -0.2) is 28.9 Å². The van der Waals surface area contributed by atoms with Crippen LogP contribution in [0.3, 0.4) is 0 Å². The Morgan fingerprint density at radius 3 is 2.41 bits per heavy atom. The minimum absolute atomic E-state index is 0.234. The van der Waals surface area contributed by atoms with Crippen LogP contribution in [0.4, 0.5) is 4.39 Å². The molecular formula is C17H14FNO3. The summed E-state index contributed by atoms with van der Waals surface area (Å²) in [6.07, 6.45) is 0. The van der Waals surface area contributed by atoms with Gasteiger partial charge in [0.2, 0.25) is 0 Å². The van der Waals surface area contributed by atoms with Crippen molar-refractivity contribution in [1.82, 2.24) is 4.90 Å². The van der Waals surface area contributed by atoms with Crippen molar-refractivity contribution in [3.63, 3.8) is 0 Å². The Balaban J connectivity index is 2.18. The summed E-state index contributed by atoms with van der Waals surface area (Å²) in [5.41, 5.74) is 1.49.